The lowest BCUT2D eigenvalue weighted by Crippen LogP contribution is -2.48. The van der Waals surface area contributed by atoms with E-state index in [4.69, 9.17) is 34.0 Å². The highest BCUT2D eigenvalue weighted by molar-refractivity contribution is 7.89. The van der Waals surface area contributed by atoms with E-state index in [1.54, 1.807) is 42.8 Å². The summed E-state index contributed by atoms with van der Waals surface area (Å²) in [6.45, 7) is 3.37. The number of carboxylic acid groups (broad SMARTS) is 2. The second kappa shape index (κ2) is 14.3. The summed E-state index contributed by atoms with van der Waals surface area (Å²) in [4.78, 5) is 20.7. The van der Waals surface area contributed by atoms with Gasteiger partial charge in [-0.2, -0.15) is 4.31 Å². The minimum Gasteiger partial charge on any atom is -0.497 e. The normalized spacial score (nSPS) is 13.9. The molecule has 0 radical (unpaired) electrons. The summed E-state index contributed by atoms with van der Waals surface area (Å²) in [6, 6.07) is 22.5. The fourth-order valence-corrected chi connectivity index (χ4v) is 5.37. The summed E-state index contributed by atoms with van der Waals surface area (Å²) in [7, 11) is -0.327. The van der Waals surface area contributed by atoms with Crippen molar-refractivity contribution in [1.29, 1.82) is 0 Å². The fraction of sp³-hybridized carbons (Fsp3) is 0.286. The average molecular weight is 573 g/mol. The van der Waals surface area contributed by atoms with Gasteiger partial charge < -0.3 is 24.4 Å². The number of methoxy groups -OCH3 is 2. The fourth-order valence-electron chi connectivity index (χ4n) is 3.95. The summed E-state index contributed by atoms with van der Waals surface area (Å²) in [6.07, 6.45) is 0. The molecule has 2 N–H and O–H groups in total. The molecule has 3 aromatic rings. The second-order valence-electron chi connectivity index (χ2n) is 8.73. The van der Waals surface area contributed by atoms with Crippen LogP contribution in [0, 0.1) is 0 Å². The number of aliphatic carboxylic acids is 2. The van der Waals surface area contributed by atoms with E-state index in [0.29, 0.717) is 56.6 Å². The highest BCUT2D eigenvalue weighted by Gasteiger charge is 2.28. The molecule has 1 fully saturated rings. The molecular formula is C28H32N2O9S. The number of nitrogens with zero attached hydrogens (tertiary/aromatic N) is 2. The van der Waals surface area contributed by atoms with Crippen molar-refractivity contribution in [1.82, 2.24) is 9.21 Å². The first kappa shape index (κ1) is 30.4. The van der Waals surface area contributed by atoms with Crippen molar-refractivity contribution in [3.63, 3.8) is 0 Å². The standard InChI is InChI=1S/C26H30N2O5S.C2H2O4/c1-31-23-9-11-24(12-10-23)34(29,30)28-16-14-27(15-17-28)19-22-8-13-25(32-2)26(18-22)33-20-21-6-4-3-5-7-21;3-1(4)2(5)6/h3-13,18H,14-17,19-20H2,1-2H3;(H,3,4)(H,5,6). The van der Waals surface area contributed by atoms with Gasteiger partial charge >= 0.3 is 11.9 Å². The Hall–Kier alpha value is -4.13. The molecule has 0 aliphatic carbocycles. The summed E-state index contributed by atoms with van der Waals surface area (Å²) < 4.78 is 44.2. The van der Waals surface area contributed by atoms with Crippen LogP contribution in [0.3, 0.4) is 0 Å². The Morgan fingerprint density at radius 2 is 1.40 bits per heavy atom. The lowest BCUT2D eigenvalue weighted by Gasteiger charge is -2.34. The van der Waals surface area contributed by atoms with Crippen LogP contribution in [0.15, 0.2) is 77.7 Å². The molecule has 3 aromatic carbocycles. The molecule has 0 saturated carbocycles. The molecule has 1 saturated heterocycles. The smallest absolute Gasteiger partial charge is 0.414 e. The minimum atomic E-state index is -3.52. The van der Waals surface area contributed by atoms with Crippen molar-refractivity contribution in [2.45, 2.75) is 18.0 Å². The first-order chi connectivity index (χ1) is 19.1. The maximum Gasteiger partial charge on any atom is 0.414 e. The molecule has 0 atom stereocenters. The number of carboxylic acids is 2. The van der Waals surface area contributed by atoms with Gasteiger partial charge in [-0.15, -0.1) is 0 Å². The van der Waals surface area contributed by atoms with Gasteiger partial charge in [-0.3, -0.25) is 4.90 Å². The molecule has 40 heavy (non-hydrogen) atoms. The first-order valence-electron chi connectivity index (χ1n) is 12.3. The van der Waals surface area contributed by atoms with Crippen LogP contribution < -0.4 is 14.2 Å². The quantitative estimate of drug-likeness (QED) is 0.368. The first-order valence-corrected chi connectivity index (χ1v) is 13.7. The van der Waals surface area contributed by atoms with E-state index in [1.165, 1.54) is 0 Å². The maximum absolute atomic E-state index is 13.0. The van der Waals surface area contributed by atoms with E-state index in [0.717, 1.165) is 11.1 Å². The Morgan fingerprint density at radius 3 is 1.95 bits per heavy atom. The Balaban J connectivity index is 0.000000663. The molecule has 0 aromatic heterocycles. The molecule has 1 aliphatic rings. The molecule has 1 aliphatic heterocycles. The van der Waals surface area contributed by atoms with Crippen LogP contribution in [0.25, 0.3) is 0 Å². The summed E-state index contributed by atoms with van der Waals surface area (Å²) in [5, 5.41) is 14.8. The zero-order valence-corrected chi connectivity index (χ0v) is 23.0. The van der Waals surface area contributed by atoms with Gasteiger partial charge in [-0.1, -0.05) is 36.4 Å². The Kier molecular flexibility index (Phi) is 10.9. The van der Waals surface area contributed by atoms with Crippen molar-refractivity contribution in [3.8, 4) is 17.2 Å². The van der Waals surface area contributed by atoms with E-state index in [2.05, 4.69) is 4.90 Å². The van der Waals surface area contributed by atoms with E-state index >= 15 is 0 Å². The summed E-state index contributed by atoms with van der Waals surface area (Å²) in [5.41, 5.74) is 2.18. The molecule has 12 heteroatoms. The highest BCUT2D eigenvalue weighted by atomic mass is 32.2. The van der Waals surface area contributed by atoms with E-state index in [1.807, 2.05) is 48.5 Å². The Morgan fingerprint density at radius 1 is 0.775 bits per heavy atom. The van der Waals surface area contributed by atoms with Gasteiger partial charge in [-0.25, -0.2) is 18.0 Å². The number of carbonyl (C=O) groups is 2. The lowest BCUT2D eigenvalue weighted by molar-refractivity contribution is -0.159. The number of ether oxygens (including phenoxy) is 3. The van der Waals surface area contributed by atoms with Crippen LogP contribution >= 0.6 is 0 Å². The molecule has 0 unspecified atom stereocenters. The van der Waals surface area contributed by atoms with Gasteiger partial charge in [-0.05, 0) is 47.5 Å². The third-order valence-corrected chi connectivity index (χ3v) is 8.00. The van der Waals surface area contributed by atoms with Crippen LogP contribution in [0.1, 0.15) is 11.1 Å². The van der Waals surface area contributed by atoms with E-state index < -0.39 is 22.0 Å². The van der Waals surface area contributed by atoms with Crippen molar-refractivity contribution < 1.29 is 42.4 Å². The molecule has 214 valence electrons. The summed E-state index contributed by atoms with van der Waals surface area (Å²) >= 11 is 0. The topological polar surface area (TPSA) is 143 Å². The number of hydrogen-bond acceptors (Lipinski definition) is 8. The van der Waals surface area contributed by atoms with Gasteiger partial charge in [0.1, 0.15) is 12.4 Å². The van der Waals surface area contributed by atoms with Crippen molar-refractivity contribution >= 4 is 22.0 Å². The number of benzene rings is 3. The van der Waals surface area contributed by atoms with Crippen LogP contribution in [-0.2, 0) is 32.8 Å². The zero-order chi connectivity index (χ0) is 29.1. The Bertz CT molecular complexity index is 1360. The van der Waals surface area contributed by atoms with E-state index in [-0.39, 0.29) is 4.90 Å². The number of hydrogen-bond donors (Lipinski definition) is 2. The largest absolute Gasteiger partial charge is 0.497 e. The van der Waals surface area contributed by atoms with Gasteiger partial charge in [0.2, 0.25) is 10.0 Å². The van der Waals surface area contributed by atoms with E-state index in [9.17, 15) is 8.42 Å². The van der Waals surface area contributed by atoms with Crippen LogP contribution in [0.2, 0.25) is 0 Å². The van der Waals surface area contributed by atoms with Crippen LogP contribution in [0.5, 0.6) is 17.2 Å². The molecule has 0 spiro atoms. The predicted octanol–water partition coefficient (Wildman–Crippen LogP) is 2.94. The zero-order valence-electron chi connectivity index (χ0n) is 22.2. The maximum atomic E-state index is 13.0. The van der Waals surface area contributed by atoms with Crippen LogP contribution in [0.4, 0.5) is 0 Å². The molecule has 1 heterocycles. The van der Waals surface area contributed by atoms with Gasteiger partial charge in [0.05, 0.1) is 19.1 Å². The third-order valence-electron chi connectivity index (χ3n) is 6.08. The average Bonchev–Trinajstić information content (AvgIpc) is 2.97. The van der Waals surface area contributed by atoms with Crippen molar-refractivity contribution in [2.75, 3.05) is 40.4 Å². The lowest BCUT2D eigenvalue weighted by atomic mass is 10.1. The number of piperazine rings is 1. The molecule has 11 nitrogen and oxygen atoms in total. The summed E-state index contributed by atoms with van der Waals surface area (Å²) in [5.74, 6) is -1.62. The van der Waals surface area contributed by atoms with Crippen molar-refractivity contribution in [2.24, 2.45) is 0 Å². The van der Waals surface area contributed by atoms with Crippen LogP contribution in [-0.4, -0.2) is 80.2 Å². The SMILES string of the molecule is COc1ccc(S(=O)(=O)N2CCN(Cc3ccc(OC)c(OCc4ccccc4)c3)CC2)cc1.O=C(O)C(=O)O. The predicted molar refractivity (Wildman–Crippen MR) is 146 cm³/mol. The van der Waals surface area contributed by atoms with Gasteiger partial charge in [0.15, 0.2) is 11.5 Å². The van der Waals surface area contributed by atoms with Gasteiger partial charge in [0, 0.05) is 32.7 Å². The minimum absolute atomic E-state index is 0.289. The number of sulfonamides is 1. The monoisotopic (exact) mass is 572 g/mol. The second-order valence-corrected chi connectivity index (χ2v) is 10.7. The Labute approximate surface area is 233 Å². The molecule has 0 bridgehead atoms. The third kappa shape index (κ3) is 8.43. The van der Waals surface area contributed by atoms with Gasteiger partial charge in [0.25, 0.3) is 0 Å². The molecule has 0 amide bonds. The number of rotatable bonds is 9. The van der Waals surface area contributed by atoms with Crippen molar-refractivity contribution in [3.05, 3.63) is 83.9 Å². The molecular weight excluding hydrogens is 540 g/mol. The highest BCUT2D eigenvalue weighted by Crippen LogP contribution is 2.30. The molecule has 4 rings (SSSR count).